The summed E-state index contributed by atoms with van der Waals surface area (Å²) in [4.78, 5) is 8.03. The van der Waals surface area contributed by atoms with Gasteiger partial charge in [-0.15, -0.1) is 45.5 Å². The van der Waals surface area contributed by atoms with Gasteiger partial charge in [0.15, 0.2) is 5.96 Å². The lowest BCUT2D eigenvalue weighted by Gasteiger charge is -2.23. The number of rotatable bonds is 8. The molecule has 29 heavy (non-hydrogen) atoms. The number of thiophene rings is 1. The van der Waals surface area contributed by atoms with Gasteiger partial charge >= 0.3 is 0 Å². The summed E-state index contributed by atoms with van der Waals surface area (Å²) in [6.07, 6.45) is 2.61. The third-order valence-corrected chi connectivity index (χ3v) is 5.17. The molecule has 1 N–H and O–H groups in total. The van der Waals surface area contributed by atoms with Crippen LogP contribution < -0.4 is 5.32 Å². The molecule has 2 heterocycles. The SMILES string of the molecule is CCc1nncn1CCNC(=NCc1cccs1)N(C)Cc1ccc(F)cc1.I. The first kappa shape index (κ1) is 23.3. The van der Waals surface area contributed by atoms with Crippen molar-refractivity contribution >= 4 is 41.3 Å². The van der Waals surface area contributed by atoms with Gasteiger partial charge in [0.1, 0.15) is 18.0 Å². The van der Waals surface area contributed by atoms with Crippen LogP contribution in [0.15, 0.2) is 53.1 Å². The highest BCUT2D eigenvalue weighted by Crippen LogP contribution is 2.11. The zero-order valence-electron chi connectivity index (χ0n) is 16.6. The Bertz CT molecular complexity index is 879. The average Bonchev–Trinajstić information content (AvgIpc) is 3.37. The molecule has 9 heteroatoms. The molecule has 156 valence electrons. The van der Waals surface area contributed by atoms with E-state index in [0.717, 1.165) is 30.3 Å². The maximum absolute atomic E-state index is 13.2. The Morgan fingerprint density at radius 2 is 2.07 bits per heavy atom. The van der Waals surface area contributed by atoms with Crippen LogP contribution in [0.25, 0.3) is 0 Å². The van der Waals surface area contributed by atoms with Crippen molar-refractivity contribution in [1.82, 2.24) is 25.0 Å². The Morgan fingerprint density at radius 1 is 1.28 bits per heavy atom. The fourth-order valence-electron chi connectivity index (χ4n) is 2.83. The molecule has 0 saturated heterocycles. The molecule has 6 nitrogen and oxygen atoms in total. The quantitative estimate of drug-likeness (QED) is 0.274. The van der Waals surface area contributed by atoms with Gasteiger partial charge in [0.2, 0.25) is 0 Å². The second-order valence-corrected chi connectivity index (χ2v) is 7.45. The van der Waals surface area contributed by atoms with Crippen molar-refractivity contribution in [2.45, 2.75) is 33.0 Å². The lowest BCUT2D eigenvalue weighted by molar-refractivity contribution is 0.470. The van der Waals surface area contributed by atoms with Crippen molar-refractivity contribution < 1.29 is 4.39 Å². The van der Waals surface area contributed by atoms with Crippen LogP contribution in [0.5, 0.6) is 0 Å². The van der Waals surface area contributed by atoms with Gasteiger partial charge in [-0.3, -0.25) is 0 Å². The Hall–Kier alpha value is -2.01. The summed E-state index contributed by atoms with van der Waals surface area (Å²) in [6, 6.07) is 10.7. The van der Waals surface area contributed by atoms with Gasteiger partial charge in [-0.1, -0.05) is 25.1 Å². The smallest absolute Gasteiger partial charge is 0.194 e. The summed E-state index contributed by atoms with van der Waals surface area (Å²) in [5.74, 6) is 1.55. The van der Waals surface area contributed by atoms with Crippen LogP contribution in [-0.4, -0.2) is 39.2 Å². The Labute approximate surface area is 191 Å². The van der Waals surface area contributed by atoms with E-state index in [0.29, 0.717) is 19.6 Å². The van der Waals surface area contributed by atoms with Crippen LogP contribution >= 0.6 is 35.3 Å². The molecule has 0 aliphatic carbocycles. The number of aliphatic imine (C=N–C) groups is 1. The lowest BCUT2D eigenvalue weighted by Crippen LogP contribution is -2.40. The van der Waals surface area contributed by atoms with E-state index in [4.69, 9.17) is 4.99 Å². The average molecular weight is 528 g/mol. The van der Waals surface area contributed by atoms with E-state index in [1.54, 1.807) is 29.8 Å². The molecule has 0 fully saturated rings. The summed E-state index contributed by atoms with van der Waals surface area (Å²) in [5.41, 5.74) is 1.03. The van der Waals surface area contributed by atoms with E-state index in [1.807, 2.05) is 22.6 Å². The monoisotopic (exact) mass is 528 g/mol. The maximum atomic E-state index is 13.2. The van der Waals surface area contributed by atoms with E-state index in [-0.39, 0.29) is 29.8 Å². The highest BCUT2D eigenvalue weighted by molar-refractivity contribution is 14.0. The Kier molecular flexibility index (Phi) is 9.52. The fourth-order valence-corrected chi connectivity index (χ4v) is 3.46. The molecule has 0 aliphatic heterocycles. The predicted octanol–water partition coefficient (Wildman–Crippen LogP) is 3.94. The molecule has 0 bridgehead atoms. The molecule has 0 spiro atoms. The normalized spacial score (nSPS) is 11.2. The number of guanidine groups is 1. The molecular formula is C20H26FIN6S. The summed E-state index contributed by atoms with van der Waals surface area (Å²) in [5, 5.41) is 13.6. The summed E-state index contributed by atoms with van der Waals surface area (Å²) >= 11 is 1.69. The number of benzene rings is 1. The lowest BCUT2D eigenvalue weighted by atomic mass is 10.2. The van der Waals surface area contributed by atoms with E-state index >= 15 is 0 Å². The third-order valence-electron chi connectivity index (χ3n) is 4.31. The molecule has 0 atom stereocenters. The second-order valence-electron chi connectivity index (χ2n) is 6.42. The number of nitrogens with one attached hydrogen (secondary N) is 1. The van der Waals surface area contributed by atoms with Gasteiger partial charge < -0.3 is 14.8 Å². The summed E-state index contributed by atoms with van der Waals surface area (Å²) < 4.78 is 15.2. The van der Waals surface area contributed by atoms with Gasteiger partial charge in [0, 0.05) is 38.0 Å². The van der Waals surface area contributed by atoms with Crippen LogP contribution in [-0.2, 0) is 26.1 Å². The standard InChI is InChI=1S/C20H25FN6S.HI/c1-3-19-25-24-15-27(19)11-10-22-20(23-13-18-5-4-12-28-18)26(2)14-16-6-8-17(21)9-7-16;/h4-9,12,15H,3,10-11,13-14H2,1-2H3,(H,22,23);1H. The summed E-state index contributed by atoms with van der Waals surface area (Å²) in [6.45, 7) is 4.81. The minimum absolute atomic E-state index is 0. The fraction of sp³-hybridized carbons (Fsp3) is 0.350. The van der Waals surface area contributed by atoms with E-state index < -0.39 is 0 Å². The van der Waals surface area contributed by atoms with Gasteiger partial charge in [-0.25, -0.2) is 9.38 Å². The largest absolute Gasteiger partial charge is 0.354 e. The molecule has 3 rings (SSSR count). The van der Waals surface area contributed by atoms with E-state index in [9.17, 15) is 4.39 Å². The second kappa shape index (κ2) is 11.9. The van der Waals surface area contributed by atoms with E-state index in [2.05, 4.69) is 33.9 Å². The number of aryl methyl sites for hydroxylation is 1. The van der Waals surface area contributed by atoms with Crippen LogP contribution in [0, 0.1) is 5.82 Å². The van der Waals surface area contributed by atoms with Gasteiger partial charge in [-0.2, -0.15) is 0 Å². The highest BCUT2D eigenvalue weighted by atomic mass is 127. The molecule has 3 aromatic rings. The van der Waals surface area contributed by atoms with Crippen molar-refractivity contribution in [2.24, 2.45) is 4.99 Å². The number of aromatic nitrogens is 3. The number of hydrogen-bond donors (Lipinski definition) is 1. The molecule has 0 amide bonds. The van der Waals surface area contributed by atoms with Crippen LogP contribution in [0.2, 0.25) is 0 Å². The number of nitrogens with zero attached hydrogens (tertiary/aromatic N) is 5. The van der Waals surface area contributed by atoms with Crippen molar-refractivity contribution in [1.29, 1.82) is 0 Å². The van der Waals surface area contributed by atoms with E-state index in [1.165, 1.54) is 17.0 Å². The molecule has 0 saturated carbocycles. The molecule has 0 aliphatic rings. The topological polar surface area (TPSA) is 58.3 Å². The Balaban J connectivity index is 0.00000300. The zero-order chi connectivity index (χ0) is 19.8. The summed E-state index contributed by atoms with van der Waals surface area (Å²) in [7, 11) is 1.99. The van der Waals surface area contributed by atoms with Crippen molar-refractivity contribution in [3.8, 4) is 0 Å². The van der Waals surface area contributed by atoms with Gasteiger partial charge in [0.25, 0.3) is 0 Å². The molecule has 0 unspecified atom stereocenters. The van der Waals surface area contributed by atoms with Gasteiger partial charge in [0.05, 0.1) is 6.54 Å². The van der Waals surface area contributed by atoms with Crippen LogP contribution in [0.4, 0.5) is 4.39 Å². The molecular weight excluding hydrogens is 502 g/mol. The van der Waals surface area contributed by atoms with Crippen molar-refractivity contribution in [3.63, 3.8) is 0 Å². The Morgan fingerprint density at radius 3 is 2.76 bits per heavy atom. The first-order valence-corrected chi connectivity index (χ1v) is 10.2. The highest BCUT2D eigenvalue weighted by Gasteiger charge is 2.09. The molecule has 0 radical (unpaired) electrons. The maximum Gasteiger partial charge on any atom is 0.194 e. The first-order valence-electron chi connectivity index (χ1n) is 9.28. The minimum Gasteiger partial charge on any atom is -0.354 e. The predicted molar refractivity (Wildman–Crippen MR) is 126 cm³/mol. The minimum atomic E-state index is -0.225. The van der Waals surface area contributed by atoms with Crippen molar-refractivity contribution in [2.75, 3.05) is 13.6 Å². The number of hydrogen-bond acceptors (Lipinski definition) is 4. The van der Waals surface area contributed by atoms with Crippen LogP contribution in [0.1, 0.15) is 23.2 Å². The number of halogens is 2. The zero-order valence-corrected chi connectivity index (χ0v) is 19.7. The molecule has 2 aromatic heterocycles. The van der Waals surface area contributed by atoms with Crippen LogP contribution in [0.3, 0.4) is 0 Å². The van der Waals surface area contributed by atoms with Crippen molar-refractivity contribution in [3.05, 3.63) is 70.2 Å². The van der Waals surface area contributed by atoms with Gasteiger partial charge in [-0.05, 0) is 29.1 Å². The third kappa shape index (κ3) is 7.07. The molecule has 1 aromatic carbocycles. The first-order chi connectivity index (χ1) is 13.7.